The number of amidine groups is 1. The molecule has 0 rings (SSSR count). The number of halogens is 3. The Hall–Kier alpha value is -1.04. The molecule has 13 heavy (non-hydrogen) atoms. The van der Waals surface area contributed by atoms with Gasteiger partial charge in [-0.05, 0) is 13.1 Å². The van der Waals surface area contributed by atoms with Crippen LogP contribution in [-0.4, -0.2) is 24.6 Å². The quantitative estimate of drug-likeness (QED) is 0.522. The highest BCUT2D eigenvalue weighted by Crippen LogP contribution is 2.16. The number of nitrogens with one attached hydrogen (secondary N) is 1. The third-order valence-electron chi connectivity index (χ3n) is 1.20. The molecule has 3 nitrogen and oxygen atoms in total. The Balaban J connectivity index is 4.59. The number of hydrogen-bond acceptors (Lipinski definition) is 2. The molecule has 6 heteroatoms. The molecule has 76 valence electrons. The number of hydrogen-bond donors (Lipinski definition) is 2. The lowest BCUT2D eigenvalue weighted by molar-refractivity contribution is -0.0615. The number of alkyl halides is 3. The van der Waals surface area contributed by atoms with E-state index >= 15 is 0 Å². The molecule has 0 aromatic heterocycles. The fourth-order valence-electron chi connectivity index (χ4n) is 0.562. The second kappa shape index (κ2) is 4.86. The van der Waals surface area contributed by atoms with E-state index in [0.717, 1.165) is 6.20 Å². The van der Waals surface area contributed by atoms with E-state index in [1.54, 1.807) is 0 Å². The van der Waals surface area contributed by atoms with E-state index in [-0.39, 0.29) is 6.54 Å². The molecule has 0 bridgehead atoms. The number of rotatable bonds is 3. The minimum absolute atomic E-state index is 0.0679. The minimum Gasteiger partial charge on any atom is -0.343 e. The van der Waals surface area contributed by atoms with Gasteiger partial charge in [0.15, 0.2) is 0 Å². The summed E-state index contributed by atoms with van der Waals surface area (Å²) in [5.74, 6) is -1.07. The van der Waals surface area contributed by atoms with E-state index in [2.05, 4.69) is 11.6 Å². The van der Waals surface area contributed by atoms with E-state index in [4.69, 9.17) is 5.73 Å². The maximum atomic E-state index is 12.1. The van der Waals surface area contributed by atoms with Crippen molar-refractivity contribution in [3.05, 3.63) is 12.8 Å². The Morgan fingerprint density at radius 2 is 2.23 bits per heavy atom. The third kappa shape index (κ3) is 4.51. The molecule has 0 saturated heterocycles. The molecule has 0 saturated carbocycles. The molecule has 0 aromatic rings. The molecule has 0 spiro atoms. The van der Waals surface area contributed by atoms with E-state index < -0.39 is 18.1 Å². The first-order chi connectivity index (χ1) is 5.91. The van der Waals surface area contributed by atoms with Crippen molar-refractivity contribution in [2.75, 3.05) is 6.54 Å². The largest absolute Gasteiger partial charge is 0.449 e. The van der Waals surface area contributed by atoms with Crippen molar-refractivity contribution in [1.82, 2.24) is 5.32 Å². The molecule has 0 amide bonds. The summed E-state index contributed by atoms with van der Waals surface area (Å²) in [4.78, 5) is 3.34. The highest BCUT2D eigenvalue weighted by Gasteiger charge is 2.35. The predicted molar refractivity (Wildman–Crippen MR) is 45.3 cm³/mol. The van der Waals surface area contributed by atoms with Gasteiger partial charge in [-0.1, -0.05) is 6.58 Å². The van der Waals surface area contributed by atoms with Gasteiger partial charge in [0, 0.05) is 6.54 Å². The summed E-state index contributed by atoms with van der Waals surface area (Å²) in [5.41, 5.74) is 5.13. The van der Waals surface area contributed by atoms with Crippen LogP contribution in [0.4, 0.5) is 13.2 Å². The summed E-state index contributed by atoms with van der Waals surface area (Å²) in [6.07, 6.45) is -3.56. The van der Waals surface area contributed by atoms with Crippen molar-refractivity contribution in [3.63, 3.8) is 0 Å². The van der Waals surface area contributed by atoms with Crippen LogP contribution in [0.5, 0.6) is 0 Å². The van der Waals surface area contributed by atoms with Crippen molar-refractivity contribution in [2.24, 2.45) is 10.7 Å². The van der Waals surface area contributed by atoms with Crippen LogP contribution in [0.15, 0.2) is 17.8 Å². The van der Waals surface area contributed by atoms with Gasteiger partial charge in [-0.3, -0.25) is 4.99 Å². The maximum Gasteiger partial charge on any atom is 0.449 e. The highest BCUT2D eigenvalue weighted by atomic mass is 19.4. The standard InChI is InChI=1S/C7H12F3N3/c1-3-12-6(7(8,9)10)13-5(2)4-11/h3,5H,1,4,11H2,2H3,(H,12,13). The summed E-state index contributed by atoms with van der Waals surface area (Å²) in [5, 5.41) is 1.92. The number of nitrogens with zero attached hydrogens (tertiary/aromatic N) is 1. The second-order valence-electron chi connectivity index (χ2n) is 2.41. The van der Waals surface area contributed by atoms with Crippen molar-refractivity contribution >= 4 is 5.84 Å². The zero-order valence-electron chi connectivity index (χ0n) is 7.23. The third-order valence-corrected chi connectivity index (χ3v) is 1.20. The van der Waals surface area contributed by atoms with Gasteiger partial charge >= 0.3 is 6.18 Å². The highest BCUT2D eigenvalue weighted by molar-refractivity contribution is 5.88. The molecule has 0 aliphatic rings. The van der Waals surface area contributed by atoms with Crippen molar-refractivity contribution in [1.29, 1.82) is 0 Å². The fraction of sp³-hybridized carbons (Fsp3) is 0.571. The average molecular weight is 195 g/mol. The first-order valence-corrected chi connectivity index (χ1v) is 3.64. The maximum absolute atomic E-state index is 12.1. The molecule has 0 aliphatic carbocycles. The molecule has 1 unspecified atom stereocenters. The molecular formula is C7H12F3N3. The normalized spacial score (nSPS) is 15.3. The zero-order chi connectivity index (χ0) is 10.5. The molecule has 0 radical (unpaired) electrons. The van der Waals surface area contributed by atoms with Crippen LogP contribution in [0, 0.1) is 0 Å². The topological polar surface area (TPSA) is 50.4 Å². The lowest BCUT2D eigenvalue weighted by Gasteiger charge is -2.12. The molecule has 0 aliphatic heterocycles. The van der Waals surface area contributed by atoms with Crippen LogP contribution in [0.3, 0.4) is 0 Å². The Labute approximate surface area is 74.5 Å². The Kier molecular flexibility index (Phi) is 4.47. The summed E-state index contributed by atoms with van der Waals surface area (Å²) in [7, 11) is 0. The minimum atomic E-state index is -4.49. The van der Waals surface area contributed by atoms with Crippen LogP contribution < -0.4 is 11.1 Å². The monoisotopic (exact) mass is 195 g/mol. The summed E-state index contributed by atoms with van der Waals surface area (Å²) in [6.45, 7) is 4.69. The average Bonchev–Trinajstić information content (AvgIpc) is 2.01. The van der Waals surface area contributed by atoms with Gasteiger partial charge in [0.25, 0.3) is 0 Å². The van der Waals surface area contributed by atoms with E-state index in [0.29, 0.717) is 0 Å². The molecule has 3 N–H and O–H groups in total. The Morgan fingerprint density at radius 1 is 1.69 bits per heavy atom. The van der Waals surface area contributed by atoms with Gasteiger partial charge in [0.2, 0.25) is 5.84 Å². The molecule has 0 heterocycles. The summed E-state index contributed by atoms with van der Waals surface area (Å²) >= 11 is 0. The van der Waals surface area contributed by atoms with Crippen LogP contribution in [-0.2, 0) is 0 Å². The zero-order valence-corrected chi connectivity index (χ0v) is 7.23. The first-order valence-electron chi connectivity index (χ1n) is 3.64. The SMILES string of the molecule is C=CNC(=NC(C)CN)C(F)(F)F. The second-order valence-corrected chi connectivity index (χ2v) is 2.41. The molecule has 0 fully saturated rings. The molecule has 1 atom stereocenters. The Bertz CT molecular complexity index is 198. The van der Waals surface area contributed by atoms with Gasteiger partial charge in [0.05, 0.1) is 6.04 Å². The summed E-state index contributed by atoms with van der Waals surface area (Å²) < 4.78 is 36.4. The van der Waals surface area contributed by atoms with Gasteiger partial charge in [-0.25, -0.2) is 0 Å². The van der Waals surface area contributed by atoms with E-state index in [1.807, 2.05) is 5.32 Å². The first kappa shape index (κ1) is 12.0. The van der Waals surface area contributed by atoms with Gasteiger partial charge in [0.1, 0.15) is 0 Å². The lowest BCUT2D eigenvalue weighted by atomic mass is 10.3. The van der Waals surface area contributed by atoms with Crippen LogP contribution >= 0.6 is 0 Å². The van der Waals surface area contributed by atoms with Crippen LogP contribution in [0.2, 0.25) is 0 Å². The number of nitrogens with two attached hydrogens (primary N) is 1. The Morgan fingerprint density at radius 3 is 2.54 bits per heavy atom. The van der Waals surface area contributed by atoms with Gasteiger partial charge < -0.3 is 11.1 Å². The van der Waals surface area contributed by atoms with Crippen molar-refractivity contribution in [2.45, 2.75) is 19.1 Å². The van der Waals surface area contributed by atoms with E-state index in [9.17, 15) is 13.2 Å². The van der Waals surface area contributed by atoms with Crippen LogP contribution in [0.1, 0.15) is 6.92 Å². The fourth-order valence-corrected chi connectivity index (χ4v) is 0.562. The lowest BCUT2D eigenvalue weighted by Crippen LogP contribution is -2.35. The molecular weight excluding hydrogens is 183 g/mol. The predicted octanol–water partition coefficient (Wildman–Crippen LogP) is 1.03. The van der Waals surface area contributed by atoms with Crippen molar-refractivity contribution < 1.29 is 13.2 Å². The van der Waals surface area contributed by atoms with Crippen molar-refractivity contribution in [3.8, 4) is 0 Å². The summed E-state index contributed by atoms with van der Waals surface area (Å²) in [6, 6.07) is -0.566. The molecule has 0 aromatic carbocycles. The van der Waals surface area contributed by atoms with Crippen LogP contribution in [0.25, 0.3) is 0 Å². The smallest absolute Gasteiger partial charge is 0.343 e. The number of aliphatic imine (C=N–C) groups is 1. The van der Waals surface area contributed by atoms with E-state index in [1.165, 1.54) is 6.92 Å². The van der Waals surface area contributed by atoms with Gasteiger partial charge in [-0.15, -0.1) is 0 Å². The van der Waals surface area contributed by atoms with Gasteiger partial charge in [-0.2, -0.15) is 13.2 Å².